The van der Waals surface area contributed by atoms with E-state index in [0.29, 0.717) is 0 Å². The Labute approximate surface area is 253 Å². The second kappa shape index (κ2) is 8.79. The van der Waals surface area contributed by atoms with Crippen molar-refractivity contribution in [3.63, 3.8) is 0 Å². The van der Waals surface area contributed by atoms with Crippen molar-refractivity contribution in [2.24, 2.45) is 0 Å². The third-order valence-electron chi connectivity index (χ3n) is 10.2. The summed E-state index contributed by atoms with van der Waals surface area (Å²) in [7, 11) is -3.22. The maximum Gasteiger partial charge on any atom is 0.171 e. The summed E-state index contributed by atoms with van der Waals surface area (Å²) < 4.78 is 16.0. The van der Waals surface area contributed by atoms with E-state index in [1.54, 1.807) is 0 Å². The van der Waals surface area contributed by atoms with Gasteiger partial charge in [0.05, 0.1) is 0 Å². The monoisotopic (exact) mass is 570 g/mol. The molecular weight excluding hydrogens is 539 g/mol. The van der Waals surface area contributed by atoms with E-state index in [4.69, 9.17) is 0 Å². The lowest BCUT2D eigenvalue weighted by molar-refractivity contribution is 0.592. The van der Waals surface area contributed by atoms with Crippen LogP contribution in [0.3, 0.4) is 0 Å². The highest BCUT2D eigenvalue weighted by Gasteiger charge is 2.39. The van der Waals surface area contributed by atoms with E-state index in [2.05, 4.69) is 141 Å². The van der Waals surface area contributed by atoms with Gasteiger partial charge in [0.1, 0.15) is 0 Å². The zero-order valence-electron chi connectivity index (χ0n) is 24.4. The summed E-state index contributed by atoms with van der Waals surface area (Å²) in [6.45, 7) is 4.59. The molecule has 0 aliphatic heterocycles. The molecule has 0 atom stereocenters. The summed E-state index contributed by atoms with van der Waals surface area (Å²) in [5.41, 5.74) is 15.3. The van der Waals surface area contributed by atoms with Crippen LogP contribution < -0.4 is 15.9 Å². The highest BCUT2D eigenvalue weighted by Crippen LogP contribution is 2.52. The molecular formula is C41H31OP. The van der Waals surface area contributed by atoms with E-state index < -0.39 is 7.14 Å². The van der Waals surface area contributed by atoms with Gasteiger partial charge in [0, 0.05) is 21.3 Å². The number of fused-ring (bicyclic) bond motifs is 9. The Hall–Kier alpha value is -4.45. The molecule has 206 valence electrons. The molecule has 0 amide bonds. The van der Waals surface area contributed by atoms with E-state index in [9.17, 15) is 0 Å². The summed E-state index contributed by atoms with van der Waals surface area (Å²) in [4.78, 5) is 0. The SMILES string of the molecule is CC1(C)c2ccccc2-c2ccc(P(=O)(c3ccc4c(c3)Cc3ccccc3-4)c3ccc4c(c3)Cc3ccccc3-4)cc21. The number of hydrogen-bond donors (Lipinski definition) is 0. The standard InChI is InChI=1S/C41H31OP/c1-41(2)39-14-8-7-13-37(39)38-20-17-32(25-40(38)41)43(42,30-15-18-35-28(23-30)21-26-9-3-5-11-33(26)35)31-16-19-36-29(24-31)22-27-10-4-6-12-34(27)36/h3-20,23-25H,21-22H2,1-2H3. The van der Waals surface area contributed by atoms with Gasteiger partial charge >= 0.3 is 0 Å². The van der Waals surface area contributed by atoms with Crippen molar-refractivity contribution < 1.29 is 4.57 Å². The molecule has 0 aromatic heterocycles. The van der Waals surface area contributed by atoms with Gasteiger partial charge in [-0.1, -0.05) is 123 Å². The van der Waals surface area contributed by atoms with Crippen LogP contribution in [0.15, 0.2) is 127 Å². The second-order valence-electron chi connectivity index (χ2n) is 12.9. The van der Waals surface area contributed by atoms with Crippen molar-refractivity contribution in [3.8, 4) is 33.4 Å². The Kier molecular flexibility index (Phi) is 5.13. The van der Waals surface area contributed by atoms with Crippen LogP contribution in [0.1, 0.15) is 47.2 Å². The fourth-order valence-electron chi connectivity index (χ4n) is 7.99. The van der Waals surface area contributed by atoms with Crippen molar-refractivity contribution in [2.45, 2.75) is 32.1 Å². The third kappa shape index (κ3) is 3.43. The lowest BCUT2D eigenvalue weighted by atomic mass is 9.82. The summed E-state index contributed by atoms with van der Waals surface area (Å²) in [6, 6.07) is 45.8. The van der Waals surface area contributed by atoms with Crippen LogP contribution in [-0.4, -0.2) is 0 Å². The number of rotatable bonds is 3. The molecule has 0 bridgehead atoms. The van der Waals surface area contributed by atoms with Gasteiger partial charge in [-0.2, -0.15) is 0 Å². The third-order valence-corrected chi connectivity index (χ3v) is 13.2. The molecule has 0 heterocycles. The topological polar surface area (TPSA) is 17.1 Å². The highest BCUT2D eigenvalue weighted by atomic mass is 31.2. The van der Waals surface area contributed by atoms with Crippen molar-refractivity contribution >= 4 is 23.1 Å². The molecule has 2 heteroatoms. The summed E-state index contributed by atoms with van der Waals surface area (Å²) in [6.07, 6.45) is 1.76. The predicted octanol–water partition coefficient (Wildman–Crippen LogP) is 8.77. The van der Waals surface area contributed by atoms with Crippen LogP contribution in [0.2, 0.25) is 0 Å². The van der Waals surface area contributed by atoms with E-state index in [-0.39, 0.29) is 5.41 Å². The van der Waals surface area contributed by atoms with Crippen molar-refractivity contribution in [1.29, 1.82) is 0 Å². The fourth-order valence-corrected chi connectivity index (χ4v) is 10.7. The van der Waals surface area contributed by atoms with E-state index in [1.165, 1.54) is 66.8 Å². The minimum Gasteiger partial charge on any atom is -0.309 e. The molecule has 0 saturated heterocycles. The van der Waals surface area contributed by atoms with E-state index >= 15 is 4.57 Å². The summed E-state index contributed by atoms with van der Waals surface area (Å²) in [5, 5.41) is 2.75. The lowest BCUT2D eigenvalue weighted by Gasteiger charge is -2.25. The zero-order valence-corrected chi connectivity index (χ0v) is 25.3. The van der Waals surface area contributed by atoms with E-state index in [1.807, 2.05) is 0 Å². The predicted molar refractivity (Wildman–Crippen MR) is 180 cm³/mol. The van der Waals surface area contributed by atoms with Crippen LogP contribution in [-0.2, 0) is 22.8 Å². The minimum absolute atomic E-state index is 0.161. The van der Waals surface area contributed by atoms with E-state index in [0.717, 1.165) is 28.8 Å². The fraction of sp³-hybridized carbons (Fsp3) is 0.122. The first kappa shape index (κ1) is 25.1. The van der Waals surface area contributed by atoms with Crippen LogP contribution in [0.4, 0.5) is 0 Å². The average molecular weight is 571 g/mol. The van der Waals surface area contributed by atoms with Crippen LogP contribution in [0, 0.1) is 0 Å². The van der Waals surface area contributed by atoms with Crippen LogP contribution in [0.25, 0.3) is 33.4 Å². The molecule has 1 nitrogen and oxygen atoms in total. The van der Waals surface area contributed by atoms with Crippen molar-refractivity contribution in [1.82, 2.24) is 0 Å². The van der Waals surface area contributed by atoms with Crippen molar-refractivity contribution in [2.75, 3.05) is 0 Å². The zero-order chi connectivity index (χ0) is 28.9. The molecule has 0 radical (unpaired) electrons. The van der Waals surface area contributed by atoms with Gasteiger partial charge in [0.2, 0.25) is 0 Å². The summed E-state index contributed by atoms with van der Waals surface area (Å²) >= 11 is 0. The first-order chi connectivity index (χ1) is 20.9. The molecule has 3 aliphatic rings. The Morgan fingerprint density at radius 1 is 0.442 bits per heavy atom. The number of benzene rings is 6. The maximum atomic E-state index is 16.0. The maximum absolute atomic E-state index is 16.0. The number of hydrogen-bond acceptors (Lipinski definition) is 1. The Bertz CT molecular complexity index is 2100. The molecule has 6 aromatic carbocycles. The van der Waals surface area contributed by atoms with Gasteiger partial charge in [-0.3, -0.25) is 0 Å². The molecule has 0 saturated carbocycles. The van der Waals surface area contributed by atoms with Gasteiger partial charge in [0.15, 0.2) is 7.14 Å². The first-order valence-corrected chi connectivity index (χ1v) is 16.9. The second-order valence-corrected chi connectivity index (χ2v) is 15.6. The molecule has 9 rings (SSSR count). The molecule has 0 N–H and O–H groups in total. The molecule has 0 fully saturated rings. The average Bonchev–Trinajstić information content (AvgIpc) is 3.68. The minimum atomic E-state index is -3.22. The smallest absolute Gasteiger partial charge is 0.171 e. The lowest BCUT2D eigenvalue weighted by Crippen LogP contribution is -2.27. The molecule has 43 heavy (non-hydrogen) atoms. The molecule has 3 aliphatic carbocycles. The summed E-state index contributed by atoms with van der Waals surface area (Å²) in [5.74, 6) is 0. The first-order valence-electron chi connectivity index (χ1n) is 15.2. The largest absolute Gasteiger partial charge is 0.309 e. The van der Waals surface area contributed by atoms with Gasteiger partial charge in [-0.05, 0) is 97.8 Å². The Morgan fingerprint density at radius 2 is 0.860 bits per heavy atom. The Balaban J connectivity index is 1.25. The normalized spacial score (nSPS) is 14.8. The molecule has 6 aromatic rings. The highest BCUT2D eigenvalue weighted by molar-refractivity contribution is 7.85. The van der Waals surface area contributed by atoms with Gasteiger partial charge in [-0.15, -0.1) is 0 Å². The van der Waals surface area contributed by atoms with Crippen LogP contribution in [0.5, 0.6) is 0 Å². The molecule has 0 unspecified atom stereocenters. The van der Waals surface area contributed by atoms with Crippen molar-refractivity contribution in [3.05, 3.63) is 161 Å². The van der Waals surface area contributed by atoms with Crippen LogP contribution >= 0.6 is 7.14 Å². The quantitative estimate of drug-likeness (QED) is 0.194. The van der Waals surface area contributed by atoms with Gasteiger partial charge in [0.25, 0.3) is 0 Å². The van der Waals surface area contributed by atoms with Gasteiger partial charge in [-0.25, -0.2) is 0 Å². The molecule has 0 spiro atoms. The van der Waals surface area contributed by atoms with Gasteiger partial charge < -0.3 is 4.57 Å². The Morgan fingerprint density at radius 3 is 1.44 bits per heavy atom.